The van der Waals surface area contributed by atoms with Gasteiger partial charge in [-0.05, 0) is 38.0 Å². The quantitative estimate of drug-likeness (QED) is 0.290. The Hall–Kier alpha value is -0.730. The largest absolute Gasteiger partial charge is 0.450 e. The number of nitrogens with zero attached hydrogens (tertiary/aromatic N) is 2. The molecule has 0 atom stereocenters. The van der Waals surface area contributed by atoms with Crippen LogP contribution in [-0.4, -0.2) is 56.3 Å². The molecule has 0 aliphatic carbocycles. The Morgan fingerprint density at radius 3 is 2.42 bits per heavy atom. The number of guanidine groups is 1. The van der Waals surface area contributed by atoms with Crippen molar-refractivity contribution in [2.24, 2.45) is 10.4 Å². The number of ether oxygens (including phenoxy) is 1. The smallest absolute Gasteiger partial charge is 0.409 e. The van der Waals surface area contributed by atoms with E-state index in [9.17, 15) is 4.79 Å². The van der Waals surface area contributed by atoms with Crippen molar-refractivity contribution in [2.45, 2.75) is 59.4 Å². The average Bonchev–Trinajstić information content (AvgIpc) is 2.50. The highest BCUT2D eigenvalue weighted by Gasteiger charge is 2.24. The zero-order valence-electron chi connectivity index (χ0n) is 15.9. The number of hydrogen-bond acceptors (Lipinski definition) is 3. The Balaban J connectivity index is 0.00000529. The van der Waals surface area contributed by atoms with Crippen LogP contribution in [0.4, 0.5) is 4.79 Å². The fourth-order valence-corrected chi connectivity index (χ4v) is 2.63. The Morgan fingerprint density at radius 1 is 1.29 bits per heavy atom. The highest BCUT2D eigenvalue weighted by molar-refractivity contribution is 14.0. The first-order valence-corrected chi connectivity index (χ1v) is 8.74. The zero-order valence-corrected chi connectivity index (χ0v) is 18.2. The second-order valence-corrected chi connectivity index (χ2v) is 7.27. The molecule has 0 unspecified atom stereocenters. The molecule has 0 saturated carbocycles. The van der Waals surface area contributed by atoms with Crippen LogP contribution in [0.1, 0.15) is 53.4 Å². The van der Waals surface area contributed by atoms with Gasteiger partial charge in [0.2, 0.25) is 0 Å². The molecule has 24 heavy (non-hydrogen) atoms. The fraction of sp³-hybridized carbons (Fsp3) is 0.882. The maximum absolute atomic E-state index is 11.7. The van der Waals surface area contributed by atoms with E-state index in [1.54, 1.807) is 11.9 Å². The topological polar surface area (TPSA) is 66.0 Å². The normalized spacial score (nSPS) is 16.4. The van der Waals surface area contributed by atoms with E-state index in [0.717, 1.165) is 44.9 Å². The molecule has 0 aromatic rings. The molecule has 0 bridgehead atoms. The van der Waals surface area contributed by atoms with E-state index in [4.69, 9.17) is 4.74 Å². The predicted molar refractivity (Wildman–Crippen MR) is 110 cm³/mol. The number of carbonyl (C=O) groups excluding carboxylic acids is 1. The SMILES string of the molecule is CCOC(=O)N1CCC(NC(=NC)NCCCC(C)(C)C)CC1.I. The first-order chi connectivity index (χ1) is 10.9. The highest BCUT2D eigenvalue weighted by atomic mass is 127. The molecule has 0 radical (unpaired) electrons. The summed E-state index contributed by atoms with van der Waals surface area (Å²) >= 11 is 0. The number of likely N-dealkylation sites (tertiary alicyclic amines) is 1. The van der Waals surface area contributed by atoms with Gasteiger partial charge in [-0.15, -0.1) is 24.0 Å². The molecule has 0 spiro atoms. The lowest BCUT2D eigenvalue weighted by atomic mass is 9.91. The number of hydrogen-bond donors (Lipinski definition) is 2. The first-order valence-electron chi connectivity index (χ1n) is 8.74. The van der Waals surface area contributed by atoms with Gasteiger partial charge in [-0.3, -0.25) is 4.99 Å². The number of rotatable bonds is 5. The van der Waals surface area contributed by atoms with Crippen LogP contribution in [0.25, 0.3) is 0 Å². The van der Waals surface area contributed by atoms with E-state index in [0.29, 0.717) is 18.1 Å². The highest BCUT2D eigenvalue weighted by Crippen LogP contribution is 2.19. The first kappa shape index (κ1) is 23.3. The molecule has 1 amide bonds. The van der Waals surface area contributed by atoms with Gasteiger partial charge in [-0.25, -0.2) is 4.79 Å². The van der Waals surface area contributed by atoms with E-state index in [2.05, 4.69) is 36.4 Å². The van der Waals surface area contributed by atoms with Gasteiger partial charge >= 0.3 is 6.09 Å². The number of amides is 1. The molecule has 2 N–H and O–H groups in total. The molecule has 1 rings (SSSR count). The summed E-state index contributed by atoms with van der Waals surface area (Å²) in [6, 6.07) is 0.356. The summed E-state index contributed by atoms with van der Waals surface area (Å²) in [6.07, 6.45) is 3.96. The van der Waals surface area contributed by atoms with Crippen LogP contribution in [0.2, 0.25) is 0 Å². The van der Waals surface area contributed by atoms with Crippen molar-refractivity contribution in [2.75, 3.05) is 33.3 Å². The number of carbonyl (C=O) groups is 1. The molecule has 1 saturated heterocycles. The van der Waals surface area contributed by atoms with Crippen molar-refractivity contribution >= 4 is 36.0 Å². The van der Waals surface area contributed by atoms with Gasteiger partial charge in [-0.1, -0.05) is 20.8 Å². The van der Waals surface area contributed by atoms with Gasteiger partial charge in [0.15, 0.2) is 5.96 Å². The van der Waals surface area contributed by atoms with Crippen LogP contribution >= 0.6 is 24.0 Å². The van der Waals surface area contributed by atoms with E-state index in [1.807, 2.05) is 6.92 Å². The van der Waals surface area contributed by atoms with Crippen molar-refractivity contribution in [1.29, 1.82) is 0 Å². The molecule has 1 aliphatic rings. The maximum Gasteiger partial charge on any atom is 0.409 e. The summed E-state index contributed by atoms with van der Waals surface area (Å²) in [5.41, 5.74) is 0.374. The van der Waals surface area contributed by atoms with Crippen molar-refractivity contribution in [3.05, 3.63) is 0 Å². The van der Waals surface area contributed by atoms with Crippen LogP contribution in [0.3, 0.4) is 0 Å². The van der Waals surface area contributed by atoms with E-state index < -0.39 is 0 Å². The summed E-state index contributed by atoms with van der Waals surface area (Å²) in [4.78, 5) is 17.8. The van der Waals surface area contributed by atoms with Gasteiger partial charge in [0.25, 0.3) is 0 Å². The number of piperidine rings is 1. The number of halogens is 1. The molecule has 7 heteroatoms. The Kier molecular flexibility index (Phi) is 11.4. The molecule has 142 valence electrons. The fourth-order valence-electron chi connectivity index (χ4n) is 2.63. The summed E-state index contributed by atoms with van der Waals surface area (Å²) in [5.74, 6) is 0.855. The molecule has 6 nitrogen and oxygen atoms in total. The zero-order chi connectivity index (χ0) is 17.3. The van der Waals surface area contributed by atoms with Gasteiger partial charge < -0.3 is 20.3 Å². The molecular formula is C17H35IN4O2. The van der Waals surface area contributed by atoms with Crippen LogP contribution in [0.5, 0.6) is 0 Å². The van der Waals surface area contributed by atoms with E-state index >= 15 is 0 Å². The summed E-state index contributed by atoms with van der Waals surface area (Å²) in [5, 5.41) is 6.83. The third-order valence-electron chi connectivity index (χ3n) is 3.98. The van der Waals surface area contributed by atoms with E-state index in [1.165, 1.54) is 6.42 Å². The minimum atomic E-state index is -0.198. The van der Waals surface area contributed by atoms with Gasteiger partial charge in [0.1, 0.15) is 0 Å². The van der Waals surface area contributed by atoms with Gasteiger partial charge in [0.05, 0.1) is 6.61 Å². The molecule has 1 fully saturated rings. The summed E-state index contributed by atoms with van der Waals surface area (Å²) in [7, 11) is 1.80. The Labute approximate surface area is 164 Å². The van der Waals surface area contributed by atoms with Crippen LogP contribution in [-0.2, 0) is 4.74 Å². The predicted octanol–water partition coefficient (Wildman–Crippen LogP) is 3.22. The van der Waals surface area contributed by atoms with Gasteiger partial charge in [-0.2, -0.15) is 0 Å². The third kappa shape index (κ3) is 9.54. The number of aliphatic imine (C=N–C) groups is 1. The lowest BCUT2D eigenvalue weighted by Gasteiger charge is -2.32. The molecule has 1 aliphatic heterocycles. The maximum atomic E-state index is 11.7. The average molecular weight is 454 g/mol. The molecule has 0 aromatic heterocycles. The molecule has 1 heterocycles. The summed E-state index contributed by atoms with van der Waals surface area (Å²) in [6.45, 7) is 11.4. The lowest BCUT2D eigenvalue weighted by molar-refractivity contribution is 0.0963. The van der Waals surface area contributed by atoms with Crippen molar-refractivity contribution in [3.8, 4) is 0 Å². The lowest BCUT2D eigenvalue weighted by Crippen LogP contribution is -2.50. The van der Waals surface area contributed by atoms with Crippen LogP contribution in [0, 0.1) is 5.41 Å². The Morgan fingerprint density at radius 2 is 1.92 bits per heavy atom. The summed E-state index contributed by atoms with van der Waals surface area (Å²) < 4.78 is 5.04. The van der Waals surface area contributed by atoms with Crippen LogP contribution in [0.15, 0.2) is 4.99 Å². The number of nitrogens with one attached hydrogen (secondary N) is 2. The standard InChI is InChI=1S/C17H34N4O2.HI/c1-6-23-16(22)21-12-8-14(9-13-21)20-15(18-5)19-11-7-10-17(2,3)4;/h14H,6-13H2,1-5H3,(H2,18,19,20);1H. The minimum absolute atomic E-state index is 0. The van der Waals surface area contributed by atoms with Crippen molar-refractivity contribution in [1.82, 2.24) is 15.5 Å². The van der Waals surface area contributed by atoms with Crippen LogP contribution < -0.4 is 10.6 Å². The molecular weight excluding hydrogens is 419 g/mol. The van der Waals surface area contributed by atoms with E-state index in [-0.39, 0.29) is 30.1 Å². The van der Waals surface area contributed by atoms with Crippen molar-refractivity contribution < 1.29 is 9.53 Å². The van der Waals surface area contributed by atoms with Crippen molar-refractivity contribution in [3.63, 3.8) is 0 Å². The third-order valence-corrected chi connectivity index (χ3v) is 3.98. The minimum Gasteiger partial charge on any atom is -0.450 e. The Bertz CT molecular complexity index is 389. The second-order valence-electron chi connectivity index (χ2n) is 7.27. The van der Waals surface area contributed by atoms with Gasteiger partial charge in [0, 0.05) is 32.7 Å². The second kappa shape index (κ2) is 11.8. The molecule has 0 aromatic carbocycles. The monoisotopic (exact) mass is 454 g/mol.